The summed E-state index contributed by atoms with van der Waals surface area (Å²) in [5.74, 6) is 0.124. The zero-order valence-electron chi connectivity index (χ0n) is 9.83. The molecule has 1 aliphatic rings. The van der Waals surface area contributed by atoms with Crippen LogP contribution in [0.5, 0.6) is 0 Å². The molecule has 1 saturated heterocycles. The van der Waals surface area contributed by atoms with Crippen LogP contribution in [-0.4, -0.2) is 39.3 Å². The number of likely N-dealkylation sites (N-methyl/N-ethyl adjacent to an activating group) is 1. The number of amides is 1. The Balaban J connectivity index is 3.20. The fraction of sp³-hybridized carbons (Fsp3) is 0.900. The number of hydrogen-bond donors (Lipinski definition) is 1. The van der Waals surface area contributed by atoms with E-state index in [-0.39, 0.29) is 11.8 Å². The van der Waals surface area contributed by atoms with Crippen LogP contribution in [0, 0.1) is 5.92 Å². The molecule has 1 amide bonds. The van der Waals surface area contributed by atoms with Crippen LogP contribution < -0.4 is 0 Å². The van der Waals surface area contributed by atoms with Crippen molar-refractivity contribution in [3.05, 3.63) is 0 Å². The van der Waals surface area contributed by atoms with E-state index in [1.807, 2.05) is 20.8 Å². The van der Waals surface area contributed by atoms with Crippen molar-refractivity contribution in [3.8, 4) is 0 Å². The molecule has 14 heavy (non-hydrogen) atoms. The molecule has 0 aromatic heterocycles. The SMILES string of the molecule is CC(C)[C@@]1(C)N(C)C(=O)C(C)(C)N1O. The number of carbonyl (C=O) groups excluding carboxylic acids is 1. The van der Waals surface area contributed by atoms with E-state index in [9.17, 15) is 10.0 Å². The smallest absolute Gasteiger partial charge is 0.246 e. The average Bonchev–Trinajstić information content (AvgIpc) is 2.21. The van der Waals surface area contributed by atoms with Crippen LogP contribution in [-0.2, 0) is 4.79 Å². The molecule has 1 fully saturated rings. The minimum Gasteiger partial charge on any atom is -0.324 e. The van der Waals surface area contributed by atoms with Gasteiger partial charge in [-0.3, -0.25) is 4.79 Å². The lowest BCUT2D eigenvalue weighted by atomic mass is 9.97. The number of hydrogen-bond acceptors (Lipinski definition) is 3. The molecule has 0 saturated carbocycles. The quantitative estimate of drug-likeness (QED) is 0.694. The van der Waals surface area contributed by atoms with Gasteiger partial charge >= 0.3 is 0 Å². The first-order chi connectivity index (χ1) is 6.16. The third-order valence-electron chi connectivity index (χ3n) is 3.56. The summed E-state index contributed by atoms with van der Waals surface area (Å²) in [4.78, 5) is 13.5. The van der Waals surface area contributed by atoms with Crippen LogP contribution in [0.15, 0.2) is 0 Å². The van der Waals surface area contributed by atoms with Gasteiger partial charge in [-0.1, -0.05) is 13.8 Å². The van der Waals surface area contributed by atoms with Crippen LogP contribution >= 0.6 is 0 Å². The van der Waals surface area contributed by atoms with Gasteiger partial charge in [-0.2, -0.15) is 5.06 Å². The molecule has 4 nitrogen and oxygen atoms in total. The number of hydroxylamine groups is 2. The summed E-state index contributed by atoms with van der Waals surface area (Å²) >= 11 is 0. The van der Waals surface area contributed by atoms with Gasteiger partial charge in [-0.15, -0.1) is 0 Å². The van der Waals surface area contributed by atoms with Crippen LogP contribution in [0.2, 0.25) is 0 Å². The standard InChI is InChI=1S/C10H20N2O2/c1-7(2)10(5)11(6)8(13)9(3,4)12(10)14/h7,14H,1-6H3/t10-/m0/s1. The Bertz CT molecular complexity index is 263. The van der Waals surface area contributed by atoms with Crippen molar-refractivity contribution in [2.75, 3.05) is 7.05 Å². The lowest BCUT2D eigenvalue weighted by Gasteiger charge is -2.40. The largest absolute Gasteiger partial charge is 0.324 e. The zero-order valence-corrected chi connectivity index (χ0v) is 9.83. The highest BCUT2D eigenvalue weighted by Crippen LogP contribution is 2.39. The van der Waals surface area contributed by atoms with Crippen molar-refractivity contribution in [3.63, 3.8) is 0 Å². The Hall–Kier alpha value is -0.610. The molecule has 0 aromatic rings. The summed E-state index contributed by atoms with van der Waals surface area (Å²) < 4.78 is 0. The van der Waals surface area contributed by atoms with Gasteiger partial charge in [0, 0.05) is 7.05 Å². The molecule has 0 radical (unpaired) electrons. The van der Waals surface area contributed by atoms with Gasteiger partial charge in [0.15, 0.2) is 0 Å². The lowest BCUT2D eigenvalue weighted by molar-refractivity contribution is -0.228. The first-order valence-corrected chi connectivity index (χ1v) is 4.94. The number of carbonyl (C=O) groups is 1. The highest BCUT2D eigenvalue weighted by atomic mass is 16.5. The molecule has 1 N–H and O–H groups in total. The maximum Gasteiger partial charge on any atom is 0.246 e. The van der Waals surface area contributed by atoms with Crippen LogP contribution in [0.4, 0.5) is 0 Å². The predicted octanol–water partition coefficient (Wildman–Crippen LogP) is 1.30. The van der Waals surface area contributed by atoms with Gasteiger partial charge in [-0.05, 0) is 26.7 Å². The molecule has 82 valence electrons. The van der Waals surface area contributed by atoms with E-state index in [1.165, 1.54) is 5.06 Å². The molecule has 0 spiro atoms. The molecule has 0 aromatic carbocycles. The monoisotopic (exact) mass is 200 g/mol. The molecule has 1 rings (SSSR count). The molecule has 0 bridgehead atoms. The average molecular weight is 200 g/mol. The second kappa shape index (κ2) is 2.94. The molecular weight excluding hydrogens is 180 g/mol. The van der Waals surface area contributed by atoms with Crippen LogP contribution in [0.3, 0.4) is 0 Å². The predicted molar refractivity (Wildman–Crippen MR) is 53.7 cm³/mol. The van der Waals surface area contributed by atoms with Gasteiger partial charge in [0.2, 0.25) is 5.91 Å². The van der Waals surface area contributed by atoms with Crippen molar-refractivity contribution in [2.45, 2.75) is 45.8 Å². The van der Waals surface area contributed by atoms with Gasteiger partial charge in [0.05, 0.1) is 0 Å². The first-order valence-electron chi connectivity index (χ1n) is 4.94. The lowest BCUT2D eigenvalue weighted by Crippen LogP contribution is -2.55. The maximum absolute atomic E-state index is 11.9. The van der Waals surface area contributed by atoms with Gasteiger partial charge in [0.25, 0.3) is 0 Å². The molecule has 0 aliphatic carbocycles. The maximum atomic E-state index is 11.9. The van der Waals surface area contributed by atoms with Gasteiger partial charge in [0.1, 0.15) is 11.2 Å². The van der Waals surface area contributed by atoms with E-state index in [2.05, 4.69) is 0 Å². The van der Waals surface area contributed by atoms with E-state index >= 15 is 0 Å². The van der Waals surface area contributed by atoms with Gasteiger partial charge < -0.3 is 10.1 Å². The summed E-state index contributed by atoms with van der Waals surface area (Å²) in [5, 5.41) is 11.2. The second-order valence-electron chi connectivity index (χ2n) is 4.98. The number of nitrogens with zero attached hydrogens (tertiary/aromatic N) is 2. The molecule has 1 atom stereocenters. The van der Waals surface area contributed by atoms with Gasteiger partial charge in [-0.25, -0.2) is 0 Å². The molecule has 1 aliphatic heterocycles. The Morgan fingerprint density at radius 3 is 1.86 bits per heavy atom. The molecular formula is C10H20N2O2. The normalized spacial score (nSPS) is 33.1. The van der Waals surface area contributed by atoms with E-state index in [1.54, 1.807) is 25.8 Å². The Morgan fingerprint density at radius 1 is 1.29 bits per heavy atom. The van der Waals surface area contributed by atoms with Crippen molar-refractivity contribution in [2.24, 2.45) is 5.92 Å². The second-order valence-corrected chi connectivity index (χ2v) is 4.98. The Kier molecular flexibility index (Phi) is 2.41. The minimum absolute atomic E-state index is 0.0452. The third-order valence-corrected chi connectivity index (χ3v) is 3.56. The Labute approximate surface area is 85.4 Å². The molecule has 1 heterocycles. The molecule has 0 unspecified atom stereocenters. The van der Waals surface area contributed by atoms with Crippen LogP contribution in [0.1, 0.15) is 34.6 Å². The fourth-order valence-corrected chi connectivity index (χ4v) is 2.05. The summed E-state index contributed by atoms with van der Waals surface area (Å²) in [6.45, 7) is 9.34. The molecule has 4 heteroatoms. The topological polar surface area (TPSA) is 43.8 Å². The summed E-state index contributed by atoms with van der Waals surface area (Å²) in [5.41, 5.74) is -1.44. The minimum atomic E-state index is -0.826. The van der Waals surface area contributed by atoms with Crippen LogP contribution in [0.25, 0.3) is 0 Å². The van der Waals surface area contributed by atoms with E-state index in [4.69, 9.17) is 0 Å². The van der Waals surface area contributed by atoms with Crippen molar-refractivity contribution in [1.29, 1.82) is 0 Å². The summed E-state index contributed by atoms with van der Waals surface area (Å²) in [6, 6.07) is 0. The van der Waals surface area contributed by atoms with E-state index < -0.39 is 11.2 Å². The number of rotatable bonds is 1. The summed E-state index contributed by atoms with van der Waals surface area (Å²) in [6.07, 6.45) is 0. The third kappa shape index (κ3) is 1.10. The van der Waals surface area contributed by atoms with Crippen molar-refractivity contribution in [1.82, 2.24) is 9.96 Å². The van der Waals surface area contributed by atoms with Crippen molar-refractivity contribution < 1.29 is 10.0 Å². The highest BCUT2D eigenvalue weighted by Gasteiger charge is 2.58. The van der Waals surface area contributed by atoms with E-state index in [0.29, 0.717) is 0 Å². The Morgan fingerprint density at radius 2 is 1.71 bits per heavy atom. The summed E-state index contributed by atoms with van der Waals surface area (Å²) in [7, 11) is 1.74. The van der Waals surface area contributed by atoms with E-state index in [0.717, 1.165) is 0 Å². The van der Waals surface area contributed by atoms with Crippen molar-refractivity contribution >= 4 is 5.91 Å². The fourth-order valence-electron chi connectivity index (χ4n) is 2.05. The highest BCUT2D eigenvalue weighted by molar-refractivity contribution is 5.88. The zero-order chi connectivity index (χ0) is 11.3. The first kappa shape index (κ1) is 11.5.